The van der Waals surface area contributed by atoms with E-state index in [4.69, 9.17) is 0 Å². The van der Waals surface area contributed by atoms with Crippen molar-refractivity contribution in [2.45, 2.75) is 17.8 Å². The third-order valence-electron chi connectivity index (χ3n) is 12.3. The fraction of sp³-hybridized carbons (Fsp3) is 0.0588. The highest BCUT2D eigenvalue weighted by Crippen LogP contribution is 2.61. The standard InChI is InChI=1S/C51H39B2NO3/c1-3-18-34(19-4-2)50(35-20-9-5-10-21-35)43-28-17-29-44-49(43)54-47-41(42-31-40(53(56)57)33-46(50)48(42)54)30-39(52(55)38-26-15-8-16-27-38)32-45(47)51(44,36-22-11-6-12-23-36)37-24-13-7-14-25-37/h3-33,55-57H,1H2,2H3/b19-4-,34-18+. The van der Waals surface area contributed by atoms with E-state index in [1.807, 2.05) is 61.5 Å². The lowest BCUT2D eigenvalue weighted by atomic mass is 9.53. The molecular weight excluding hydrogens is 696 g/mol. The van der Waals surface area contributed by atoms with Crippen LogP contribution in [-0.2, 0) is 10.8 Å². The molecule has 7 aromatic carbocycles. The number of fused-ring (bicyclic) bond motifs is 1. The summed E-state index contributed by atoms with van der Waals surface area (Å²) in [6.45, 7) is 5.30. The van der Waals surface area contributed by atoms with Crippen molar-refractivity contribution in [3.8, 4) is 5.69 Å². The highest BCUT2D eigenvalue weighted by Gasteiger charge is 2.53. The van der Waals surface area contributed by atoms with Crippen LogP contribution in [0.25, 0.3) is 27.5 Å². The smallest absolute Gasteiger partial charge is 0.443 e. The largest absolute Gasteiger partial charge is 0.488 e. The average Bonchev–Trinajstić information content (AvgIpc) is 3.60. The molecule has 0 amide bonds. The van der Waals surface area contributed by atoms with Gasteiger partial charge < -0.3 is 19.6 Å². The molecule has 8 aromatic rings. The van der Waals surface area contributed by atoms with Gasteiger partial charge in [0.2, 0.25) is 0 Å². The Morgan fingerprint density at radius 1 is 0.561 bits per heavy atom. The molecule has 0 spiro atoms. The summed E-state index contributed by atoms with van der Waals surface area (Å²) in [6.07, 6.45) is 8.15. The van der Waals surface area contributed by atoms with Gasteiger partial charge in [0.25, 0.3) is 0 Å². The van der Waals surface area contributed by atoms with Gasteiger partial charge in [-0.05, 0) is 67.8 Å². The Hall–Kier alpha value is -6.43. The summed E-state index contributed by atoms with van der Waals surface area (Å²) in [5.41, 5.74) is 11.7. The molecule has 0 saturated heterocycles. The summed E-state index contributed by atoms with van der Waals surface area (Å²) in [7, 11) is -1.73. The SMILES string of the molecule is C=C/C=C(\C=C/C)C1(c2ccccc2)c2cccc3c2-n2c4c1cc(B(O)O)cc4c1cc(B(O)c4ccccc4)cc(c12)C3(c1ccccc1)c1ccccc1. The molecule has 0 bridgehead atoms. The number of para-hydroxylation sites is 1. The number of benzene rings is 7. The van der Waals surface area contributed by atoms with Gasteiger partial charge >= 0.3 is 14.0 Å². The fourth-order valence-corrected chi connectivity index (χ4v) is 10.2. The second-order valence-corrected chi connectivity index (χ2v) is 15.1. The van der Waals surface area contributed by atoms with E-state index in [0.717, 1.165) is 82.9 Å². The second-order valence-electron chi connectivity index (χ2n) is 15.1. The number of hydrogen-bond donors (Lipinski definition) is 3. The van der Waals surface area contributed by atoms with Gasteiger partial charge in [-0.25, -0.2) is 0 Å². The lowest BCUT2D eigenvalue weighted by molar-refractivity contribution is 0.425. The van der Waals surface area contributed by atoms with Crippen LogP contribution >= 0.6 is 0 Å². The number of aromatic nitrogens is 1. The number of allylic oxidation sites excluding steroid dienone is 5. The van der Waals surface area contributed by atoms with Crippen LogP contribution in [0.15, 0.2) is 200 Å². The number of rotatable bonds is 9. The molecule has 3 heterocycles. The Balaban J connectivity index is 1.53. The summed E-state index contributed by atoms with van der Waals surface area (Å²) in [4.78, 5) is 0. The molecule has 1 atom stereocenters. The van der Waals surface area contributed by atoms with Gasteiger partial charge in [0.15, 0.2) is 0 Å². The topological polar surface area (TPSA) is 65.6 Å². The van der Waals surface area contributed by atoms with Crippen LogP contribution < -0.4 is 16.4 Å². The van der Waals surface area contributed by atoms with Gasteiger partial charge in [-0.1, -0.05) is 195 Å². The van der Waals surface area contributed by atoms with E-state index < -0.39 is 24.9 Å². The highest BCUT2D eigenvalue weighted by atomic mass is 16.4. The molecular formula is C51H39B2NO3. The van der Waals surface area contributed by atoms with E-state index in [0.29, 0.717) is 5.46 Å². The predicted molar refractivity (Wildman–Crippen MR) is 236 cm³/mol. The Labute approximate surface area is 333 Å². The first-order chi connectivity index (χ1) is 28.0. The van der Waals surface area contributed by atoms with Crippen molar-refractivity contribution < 1.29 is 15.1 Å². The van der Waals surface area contributed by atoms with Gasteiger partial charge in [-0.15, -0.1) is 0 Å². The molecule has 57 heavy (non-hydrogen) atoms. The van der Waals surface area contributed by atoms with Crippen LogP contribution in [0.3, 0.4) is 0 Å². The molecule has 6 heteroatoms. The van der Waals surface area contributed by atoms with Gasteiger partial charge in [-0.2, -0.15) is 0 Å². The zero-order valence-electron chi connectivity index (χ0n) is 31.5. The van der Waals surface area contributed by atoms with E-state index in [2.05, 4.69) is 145 Å². The van der Waals surface area contributed by atoms with E-state index in [1.165, 1.54) is 0 Å². The maximum Gasteiger partial charge on any atom is 0.488 e. The quantitative estimate of drug-likeness (QED) is 0.106. The van der Waals surface area contributed by atoms with Gasteiger partial charge in [0.05, 0.1) is 27.6 Å². The average molecular weight is 736 g/mol. The van der Waals surface area contributed by atoms with Crippen molar-refractivity contribution in [2.24, 2.45) is 0 Å². The third-order valence-corrected chi connectivity index (χ3v) is 12.3. The molecule has 2 aliphatic rings. The molecule has 1 aromatic heterocycles. The monoisotopic (exact) mass is 735 g/mol. The van der Waals surface area contributed by atoms with Crippen LogP contribution in [0.4, 0.5) is 0 Å². The van der Waals surface area contributed by atoms with Crippen molar-refractivity contribution >= 4 is 52.2 Å². The van der Waals surface area contributed by atoms with E-state index in [1.54, 1.807) is 0 Å². The van der Waals surface area contributed by atoms with Crippen molar-refractivity contribution in [2.75, 3.05) is 0 Å². The number of nitrogens with zero attached hydrogens (tertiary/aromatic N) is 1. The zero-order chi connectivity index (χ0) is 38.9. The van der Waals surface area contributed by atoms with Crippen LogP contribution in [0.5, 0.6) is 0 Å². The lowest BCUT2D eigenvalue weighted by Crippen LogP contribution is -2.45. The normalized spacial score (nSPS) is 16.4. The molecule has 0 fully saturated rings. The number of hydrogen-bond acceptors (Lipinski definition) is 3. The van der Waals surface area contributed by atoms with Gasteiger partial charge in [-0.3, -0.25) is 0 Å². The van der Waals surface area contributed by atoms with Crippen molar-refractivity contribution in [1.82, 2.24) is 4.57 Å². The van der Waals surface area contributed by atoms with Crippen LogP contribution in [0.2, 0.25) is 0 Å². The maximum atomic E-state index is 12.3. The summed E-state index contributed by atoms with van der Waals surface area (Å²) in [5.74, 6) is 0. The lowest BCUT2D eigenvalue weighted by Gasteiger charge is -2.48. The zero-order valence-corrected chi connectivity index (χ0v) is 31.5. The summed E-state index contributed by atoms with van der Waals surface area (Å²) in [5, 5.41) is 36.3. The van der Waals surface area contributed by atoms with Gasteiger partial charge in [0, 0.05) is 10.8 Å². The van der Waals surface area contributed by atoms with Crippen molar-refractivity contribution in [1.29, 1.82) is 0 Å². The van der Waals surface area contributed by atoms with E-state index >= 15 is 0 Å². The van der Waals surface area contributed by atoms with E-state index in [9.17, 15) is 15.1 Å². The summed E-state index contributed by atoms with van der Waals surface area (Å²) < 4.78 is 2.43. The molecule has 2 aliphatic heterocycles. The predicted octanol–water partition coefficient (Wildman–Crippen LogP) is 7.59. The molecule has 0 saturated carbocycles. The first-order valence-corrected chi connectivity index (χ1v) is 19.5. The van der Waals surface area contributed by atoms with Crippen LogP contribution in [0, 0.1) is 0 Å². The minimum absolute atomic E-state index is 0.391. The maximum absolute atomic E-state index is 12.3. The third kappa shape index (κ3) is 4.76. The van der Waals surface area contributed by atoms with Gasteiger partial charge in [0.1, 0.15) is 0 Å². The summed E-state index contributed by atoms with van der Waals surface area (Å²) in [6, 6.07) is 56.7. The fourth-order valence-electron chi connectivity index (χ4n) is 10.2. The Morgan fingerprint density at radius 3 is 1.67 bits per heavy atom. The first-order valence-electron chi connectivity index (χ1n) is 19.5. The molecule has 0 radical (unpaired) electrons. The minimum atomic E-state index is -1.73. The Morgan fingerprint density at radius 2 is 1.09 bits per heavy atom. The molecule has 0 aliphatic carbocycles. The van der Waals surface area contributed by atoms with Crippen molar-refractivity contribution in [3.63, 3.8) is 0 Å². The van der Waals surface area contributed by atoms with Crippen LogP contribution in [0.1, 0.15) is 45.9 Å². The molecule has 10 rings (SSSR count). The molecule has 1 unspecified atom stereocenters. The first kappa shape index (κ1) is 35.0. The van der Waals surface area contributed by atoms with Crippen molar-refractivity contribution in [3.05, 3.63) is 239 Å². The molecule has 272 valence electrons. The molecule has 4 nitrogen and oxygen atoms in total. The molecule has 3 N–H and O–H groups in total. The van der Waals surface area contributed by atoms with E-state index in [-0.39, 0.29) is 0 Å². The second kappa shape index (κ2) is 13.4. The Bertz CT molecular complexity index is 2880. The summed E-state index contributed by atoms with van der Waals surface area (Å²) >= 11 is 0. The highest BCUT2D eigenvalue weighted by molar-refractivity contribution is 6.79. The Kier molecular flexibility index (Phi) is 8.21. The minimum Gasteiger partial charge on any atom is -0.443 e. The van der Waals surface area contributed by atoms with Crippen LogP contribution in [-0.4, -0.2) is 33.7 Å².